The topological polar surface area (TPSA) is 75.9 Å². The third-order valence-electron chi connectivity index (χ3n) is 4.79. The molecule has 1 fully saturated rings. The van der Waals surface area contributed by atoms with Crippen LogP contribution in [0.15, 0.2) is 12.4 Å². The third kappa shape index (κ3) is 3.32. The van der Waals surface area contributed by atoms with E-state index >= 15 is 0 Å². The zero-order chi connectivity index (χ0) is 16.4. The highest BCUT2D eigenvalue weighted by Gasteiger charge is 2.44. The minimum Gasteiger partial charge on any atom is -0.396 e. The summed E-state index contributed by atoms with van der Waals surface area (Å²) in [5.74, 6) is 1.26. The van der Waals surface area contributed by atoms with E-state index in [1.54, 1.807) is 0 Å². The maximum Gasteiger partial charge on any atom is 0.145 e. The molecule has 1 aliphatic carbocycles. The molecule has 0 aliphatic heterocycles. The zero-order valence-electron chi connectivity index (χ0n) is 14.0. The highest BCUT2D eigenvalue weighted by Crippen LogP contribution is 2.49. The van der Waals surface area contributed by atoms with Crippen LogP contribution in [0, 0.1) is 5.41 Å². The Labute approximate surface area is 141 Å². The monoisotopic (exact) mass is 335 g/mol. The Balaban J connectivity index is 1.76. The summed E-state index contributed by atoms with van der Waals surface area (Å²) < 4.78 is 6.23. The summed E-state index contributed by atoms with van der Waals surface area (Å²) in [6.45, 7) is 5.08. The first-order chi connectivity index (χ1) is 11.0. The molecule has 0 amide bonds. The van der Waals surface area contributed by atoms with Crippen molar-refractivity contribution in [3.05, 3.63) is 28.8 Å². The number of aliphatic hydroxyl groups excluding tert-OH is 1. The van der Waals surface area contributed by atoms with Crippen LogP contribution in [0.3, 0.4) is 0 Å². The lowest BCUT2D eigenvalue weighted by Gasteiger charge is -2.46. The Kier molecular flexibility index (Phi) is 4.79. The van der Waals surface area contributed by atoms with Gasteiger partial charge in [-0.3, -0.25) is 4.68 Å². The van der Waals surface area contributed by atoms with E-state index in [1.807, 2.05) is 24.1 Å². The molecule has 23 heavy (non-hydrogen) atoms. The van der Waals surface area contributed by atoms with Gasteiger partial charge in [-0.15, -0.1) is 0 Å². The molecule has 1 saturated carbocycles. The van der Waals surface area contributed by atoms with Gasteiger partial charge >= 0.3 is 0 Å². The minimum atomic E-state index is -0.0748. The van der Waals surface area contributed by atoms with Crippen LogP contribution in [0.2, 0.25) is 0 Å². The average Bonchev–Trinajstić information content (AvgIpc) is 3.10. The van der Waals surface area contributed by atoms with E-state index in [0.717, 1.165) is 29.2 Å². The average molecular weight is 335 g/mol. The smallest absolute Gasteiger partial charge is 0.145 e. The van der Waals surface area contributed by atoms with E-state index in [-0.39, 0.29) is 18.1 Å². The van der Waals surface area contributed by atoms with Crippen molar-refractivity contribution in [3.63, 3.8) is 0 Å². The van der Waals surface area contributed by atoms with Crippen LogP contribution in [-0.2, 0) is 13.6 Å². The predicted octanol–water partition coefficient (Wildman–Crippen LogP) is 2.39. The molecule has 0 bridgehead atoms. The molecule has 0 saturated heterocycles. The summed E-state index contributed by atoms with van der Waals surface area (Å²) >= 11 is 1.46. The molecule has 3 rings (SSSR count). The van der Waals surface area contributed by atoms with Gasteiger partial charge in [-0.2, -0.15) is 9.47 Å². The van der Waals surface area contributed by atoms with Gasteiger partial charge in [0.05, 0.1) is 12.8 Å². The fourth-order valence-corrected chi connectivity index (χ4v) is 3.94. The lowest BCUT2D eigenvalue weighted by molar-refractivity contribution is 0.00456. The second kappa shape index (κ2) is 6.67. The standard InChI is InChI=1S/C16H25N5OS/c1-11(2)15-19-13(23-20-15)8-17-14(12-7-18-21(3)9-12)16(10-22)5-4-6-16/h7,9,11,14,17,22H,4-6,8,10H2,1-3H3. The van der Waals surface area contributed by atoms with E-state index in [1.165, 1.54) is 18.0 Å². The largest absolute Gasteiger partial charge is 0.396 e. The molecule has 2 heterocycles. The Morgan fingerprint density at radius 1 is 1.43 bits per heavy atom. The van der Waals surface area contributed by atoms with Crippen molar-refractivity contribution in [1.29, 1.82) is 0 Å². The molecular formula is C16H25N5OS. The molecule has 0 radical (unpaired) electrons. The van der Waals surface area contributed by atoms with Crippen LogP contribution in [0.5, 0.6) is 0 Å². The first-order valence-electron chi connectivity index (χ1n) is 8.19. The van der Waals surface area contributed by atoms with Crippen LogP contribution in [0.25, 0.3) is 0 Å². The Hall–Kier alpha value is -1.31. The van der Waals surface area contributed by atoms with Crippen LogP contribution in [0.4, 0.5) is 0 Å². The second-order valence-electron chi connectivity index (χ2n) is 6.84. The van der Waals surface area contributed by atoms with Gasteiger partial charge in [0.25, 0.3) is 0 Å². The Bertz CT molecular complexity index is 641. The fourth-order valence-electron chi connectivity index (χ4n) is 3.21. The summed E-state index contributed by atoms with van der Waals surface area (Å²) in [4.78, 5) is 4.59. The normalized spacial score (nSPS) is 18.1. The minimum absolute atomic E-state index is 0.0748. The van der Waals surface area contributed by atoms with Gasteiger partial charge in [0.15, 0.2) is 0 Å². The number of aliphatic hydroxyl groups is 1. The zero-order valence-corrected chi connectivity index (χ0v) is 14.8. The first-order valence-corrected chi connectivity index (χ1v) is 8.97. The van der Waals surface area contributed by atoms with Crippen molar-refractivity contribution in [2.45, 2.75) is 51.6 Å². The lowest BCUT2D eigenvalue weighted by Crippen LogP contribution is -2.45. The summed E-state index contributed by atoms with van der Waals surface area (Å²) in [7, 11) is 1.92. The molecule has 0 aromatic carbocycles. The van der Waals surface area contributed by atoms with Gasteiger partial charge in [-0.05, 0) is 24.4 Å². The van der Waals surface area contributed by atoms with Crippen molar-refractivity contribution in [1.82, 2.24) is 24.5 Å². The highest BCUT2D eigenvalue weighted by atomic mass is 32.1. The van der Waals surface area contributed by atoms with Gasteiger partial charge in [0.2, 0.25) is 0 Å². The number of hydrogen-bond donors (Lipinski definition) is 2. The van der Waals surface area contributed by atoms with E-state index in [4.69, 9.17) is 0 Å². The quantitative estimate of drug-likeness (QED) is 0.812. The van der Waals surface area contributed by atoms with E-state index in [2.05, 4.69) is 33.6 Å². The lowest BCUT2D eigenvalue weighted by atomic mass is 9.63. The molecule has 0 spiro atoms. The maximum atomic E-state index is 9.96. The molecular weight excluding hydrogens is 310 g/mol. The van der Waals surface area contributed by atoms with Gasteiger partial charge < -0.3 is 10.4 Å². The van der Waals surface area contributed by atoms with Crippen molar-refractivity contribution >= 4 is 11.5 Å². The Morgan fingerprint density at radius 2 is 2.22 bits per heavy atom. The molecule has 6 nitrogen and oxygen atoms in total. The molecule has 1 aliphatic rings. The summed E-state index contributed by atoms with van der Waals surface area (Å²) in [5.41, 5.74) is 1.06. The number of hydrogen-bond acceptors (Lipinski definition) is 6. The van der Waals surface area contributed by atoms with Crippen LogP contribution < -0.4 is 5.32 Å². The van der Waals surface area contributed by atoms with Crippen molar-refractivity contribution < 1.29 is 5.11 Å². The molecule has 126 valence electrons. The van der Waals surface area contributed by atoms with Gasteiger partial charge in [0, 0.05) is 42.7 Å². The fraction of sp³-hybridized carbons (Fsp3) is 0.688. The van der Waals surface area contributed by atoms with E-state index < -0.39 is 0 Å². The summed E-state index contributed by atoms with van der Waals surface area (Å²) in [6.07, 6.45) is 7.20. The van der Waals surface area contributed by atoms with Crippen LogP contribution >= 0.6 is 11.5 Å². The SMILES string of the molecule is CC(C)c1nsc(CNC(c2cnn(C)c2)C2(CO)CCC2)n1. The second-order valence-corrected chi connectivity index (χ2v) is 7.67. The van der Waals surface area contributed by atoms with E-state index in [0.29, 0.717) is 12.5 Å². The molecule has 7 heteroatoms. The summed E-state index contributed by atoms with van der Waals surface area (Å²) in [6, 6.07) is 0.0985. The number of nitrogens with zero attached hydrogens (tertiary/aromatic N) is 4. The Morgan fingerprint density at radius 3 is 2.70 bits per heavy atom. The van der Waals surface area contributed by atoms with Crippen molar-refractivity contribution in [2.24, 2.45) is 12.5 Å². The predicted molar refractivity (Wildman–Crippen MR) is 90.2 cm³/mol. The molecule has 2 N–H and O–H groups in total. The number of nitrogens with one attached hydrogen (secondary N) is 1. The van der Waals surface area contributed by atoms with E-state index in [9.17, 15) is 5.11 Å². The molecule has 2 aromatic rings. The summed E-state index contributed by atoms with van der Waals surface area (Å²) in [5, 5.41) is 18.9. The van der Waals surface area contributed by atoms with Crippen LogP contribution in [0.1, 0.15) is 61.5 Å². The molecule has 1 unspecified atom stereocenters. The maximum absolute atomic E-state index is 9.96. The molecule has 1 atom stereocenters. The van der Waals surface area contributed by atoms with Gasteiger partial charge in [0.1, 0.15) is 10.8 Å². The van der Waals surface area contributed by atoms with Gasteiger partial charge in [-0.1, -0.05) is 20.3 Å². The number of aromatic nitrogens is 4. The van der Waals surface area contributed by atoms with Gasteiger partial charge in [-0.25, -0.2) is 4.98 Å². The van der Waals surface area contributed by atoms with Crippen molar-refractivity contribution in [2.75, 3.05) is 6.61 Å². The first kappa shape index (κ1) is 16.5. The van der Waals surface area contributed by atoms with Crippen molar-refractivity contribution in [3.8, 4) is 0 Å². The van der Waals surface area contributed by atoms with Crippen LogP contribution in [-0.4, -0.2) is 30.9 Å². The number of aryl methyl sites for hydroxylation is 1. The highest BCUT2D eigenvalue weighted by molar-refractivity contribution is 7.05. The third-order valence-corrected chi connectivity index (χ3v) is 5.52. The molecule has 2 aromatic heterocycles. The number of rotatable bonds is 7.